The summed E-state index contributed by atoms with van der Waals surface area (Å²) in [7, 11) is 0. The normalized spacial score (nSPS) is 10.8. The Kier molecular flexibility index (Phi) is 2.88. The Balaban J connectivity index is 3.06. The van der Waals surface area contributed by atoms with E-state index in [0.717, 1.165) is 12.2 Å². The van der Waals surface area contributed by atoms with E-state index in [1.807, 2.05) is 19.1 Å². The van der Waals surface area contributed by atoms with E-state index in [9.17, 15) is 0 Å². The Morgan fingerprint density at radius 3 is 2.42 bits per heavy atom. The van der Waals surface area contributed by atoms with Crippen LogP contribution in [0.4, 0.5) is 0 Å². The molecule has 12 heavy (non-hydrogen) atoms. The highest BCUT2D eigenvalue weighted by atomic mass is 16.3. The number of rotatable bonds is 2. The molecule has 1 rings (SSSR count). The quantitative estimate of drug-likeness (QED) is 0.710. The lowest BCUT2D eigenvalue weighted by Crippen LogP contribution is -1.91. The van der Waals surface area contributed by atoms with Crippen LogP contribution in [-0.4, -0.2) is 5.11 Å². The van der Waals surface area contributed by atoms with Crippen LogP contribution in [0.2, 0.25) is 0 Å². The molecule has 0 aliphatic carbocycles. The molecule has 0 unspecified atom stereocenters. The second-order valence-corrected chi connectivity index (χ2v) is 3.46. The Labute approximate surface area is 74.1 Å². The first-order valence-electron chi connectivity index (χ1n) is 4.22. The third kappa shape index (κ3) is 2.08. The maximum Gasteiger partial charge on any atom is 0.109 e. The average molecular weight is 163 g/mol. The maximum atomic E-state index is 8.84. The Morgan fingerprint density at radius 1 is 1.25 bits per heavy atom. The minimum absolute atomic E-state index is 0.517. The van der Waals surface area contributed by atoms with Gasteiger partial charge in [0.15, 0.2) is 0 Å². The van der Waals surface area contributed by atoms with Gasteiger partial charge in [-0.3, -0.25) is 0 Å². The van der Waals surface area contributed by atoms with Crippen molar-refractivity contribution in [2.75, 3.05) is 0 Å². The molecule has 0 fully saturated rings. The summed E-state index contributed by atoms with van der Waals surface area (Å²) in [5.41, 5.74) is 3.36. The van der Waals surface area contributed by atoms with Crippen molar-refractivity contribution in [2.45, 2.75) is 26.7 Å². The molecular formula is C11H15O. The highest BCUT2D eigenvalue weighted by Gasteiger charge is 2.01. The predicted molar refractivity (Wildman–Crippen MR) is 50.6 cm³/mol. The molecule has 0 spiro atoms. The van der Waals surface area contributed by atoms with Crippen LogP contribution in [0.3, 0.4) is 0 Å². The monoisotopic (exact) mass is 163 g/mol. The van der Waals surface area contributed by atoms with Crippen molar-refractivity contribution in [3.8, 4) is 0 Å². The van der Waals surface area contributed by atoms with Crippen molar-refractivity contribution in [2.24, 2.45) is 0 Å². The van der Waals surface area contributed by atoms with Crippen LogP contribution in [-0.2, 0) is 0 Å². The molecule has 1 radical (unpaired) electrons. The molecular weight excluding hydrogens is 148 g/mol. The van der Waals surface area contributed by atoms with E-state index in [-0.39, 0.29) is 0 Å². The summed E-state index contributed by atoms with van der Waals surface area (Å²) in [6, 6.07) is 6.13. The molecule has 1 aromatic rings. The number of aryl methyl sites for hydroxylation is 1. The van der Waals surface area contributed by atoms with E-state index in [0.29, 0.717) is 5.92 Å². The fraction of sp³-hybridized carbons (Fsp3) is 0.364. The predicted octanol–water partition coefficient (Wildman–Crippen LogP) is 3.00. The third-order valence-electron chi connectivity index (χ3n) is 1.94. The van der Waals surface area contributed by atoms with E-state index < -0.39 is 0 Å². The second kappa shape index (κ2) is 3.72. The molecule has 0 bridgehead atoms. The van der Waals surface area contributed by atoms with Crippen LogP contribution in [0.25, 0.3) is 0 Å². The summed E-state index contributed by atoms with van der Waals surface area (Å²) in [4.78, 5) is 0. The fourth-order valence-corrected chi connectivity index (χ4v) is 1.25. The van der Waals surface area contributed by atoms with E-state index in [1.54, 1.807) is 0 Å². The largest absolute Gasteiger partial charge is 0.385 e. The van der Waals surface area contributed by atoms with Gasteiger partial charge in [0, 0.05) is 0 Å². The van der Waals surface area contributed by atoms with E-state index in [4.69, 9.17) is 5.11 Å². The van der Waals surface area contributed by atoms with Gasteiger partial charge in [0.25, 0.3) is 0 Å². The second-order valence-electron chi connectivity index (χ2n) is 3.46. The van der Waals surface area contributed by atoms with E-state index in [2.05, 4.69) is 19.9 Å². The number of hydrogen-bond acceptors (Lipinski definition) is 1. The van der Waals surface area contributed by atoms with Gasteiger partial charge in [-0.05, 0) is 24.0 Å². The van der Waals surface area contributed by atoms with Crippen molar-refractivity contribution in [3.63, 3.8) is 0 Å². The van der Waals surface area contributed by atoms with Gasteiger partial charge in [0.05, 0.1) is 0 Å². The molecule has 65 valence electrons. The number of aliphatic hydroxyl groups is 1. The smallest absolute Gasteiger partial charge is 0.109 e. The van der Waals surface area contributed by atoms with Crippen LogP contribution < -0.4 is 0 Å². The van der Waals surface area contributed by atoms with Crippen LogP contribution in [0, 0.1) is 13.5 Å². The first-order valence-corrected chi connectivity index (χ1v) is 4.22. The molecule has 0 saturated heterocycles. The van der Waals surface area contributed by atoms with Crippen molar-refractivity contribution >= 4 is 0 Å². The first-order chi connectivity index (χ1) is 5.63. The number of benzene rings is 1. The molecule has 0 aromatic heterocycles. The van der Waals surface area contributed by atoms with Gasteiger partial charge >= 0.3 is 0 Å². The summed E-state index contributed by atoms with van der Waals surface area (Å²) >= 11 is 0. The zero-order valence-electron chi connectivity index (χ0n) is 7.83. The molecule has 1 N–H and O–H groups in total. The molecule has 1 heteroatoms. The summed E-state index contributed by atoms with van der Waals surface area (Å²) in [6.07, 6.45) is 0. The summed E-state index contributed by atoms with van der Waals surface area (Å²) in [5.74, 6) is 0.517. The summed E-state index contributed by atoms with van der Waals surface area (Å²) in [5, 5.41) is 8.84. The average Bonchev–Trinajstić information content (AvgIpc) is 2.03. The van der Waals surface area contributed by atoms with Crippen molar-refractivity contribution in [1.29, 1.82) is 0 Å². The lowest BCUT2D eigenvalue weighted by atomic mass is 9.98. The first kappa shape index (κ1) is 9.27. The van der Waals surface area contributed by atoms with Crippen molar-refractivity contribution in [3.05, 3.63) is 41.5 Å². The van der Waals surface area contributed by atoms with Gasteiger partial charge in [-0.25, -0.2) is 0 Å². The summed E-state index contributed by atoms with van der Waals surface area (Å²) in [6.45, 7) is 7.49. The zero-order valence-corrected chi connectivity index (χ0v) is 7.83. The standard InChI is InChI=1S/C11H15O/c1-8(2)11-5-9(3)4-10(6-11)7-12/h4-8,12H,1-3H3. The van der Waals surface area contributed by atoms with Gasteiger partial charge in [0.1, 0.15) is 6.61 Å². The van der Waals surface area contributed by atoms with Crippen molar-refractivity contribution < 1.29 is 5.11 Å². The lowest BCUT2D eigenvalue weighted by molar-refractivity contribution is 0.414. The van der Waals surface area contributed by atoms with Gasteiger partial charge in [-0.15, -0.1) is 0 Å². The molecule has 0 amide bonds. The number of hydrogen-bond donors (Lipinski definition) is 1. The van der Waals surface area contributed by atoms with Crippen LogP contribution >= 0.6 is 0 Å². The lowest BCUT2D eigenvalue weighted by Gasteiger charge is -2.08. The fourth-order valence-electron chi connectivity index (χ4n) is 1.25. The molecule has 0 aliphatic rings. The Bertz CT molecular complexity index is 264. The molecule has 0 saturated carbocycles. The Morgan fingerprint density at radius 2 is 1.92 bits per heavy atom. The minimum Gasteiger partial charge on any atom is -0.385 e. The highest BCUT2D eigenvalue weighted by molar-refractivity contribution is 5.33. The number of aliphatic hydroxyl groups excluding tert-OH is 1. The topological polar surface area (TPSA) is 20.2 Å². The maximum absolute atomic E-state index is 8.84. The molecule has 0 atom stereocenters. The zero-order chi connectivity index (χ0) is 9.14. The van der Waals surface area contributed by atoms with Gasteiger partial charge in [0.2, 0.25) is 0 Å². The van der Waals surface area contributed by atoms with Gasteiger partial charge in [-0.2, -0.15) is 0 Å². The Hall–Kier alpha value is -0.820. The van der Waals surface area contributed by atoms with Gasteiger partial charge < -0.3 is 5.11 Å². The minimum atomic E-state index is 0.517. The molecule has 0 heterocycles. The van der Waals surface area contributed by atoms with Gasteiger partial charge in [-0.1, -0.05) is 37.6 Å². The molecule has 1 nitrogen and oxygen atoms in total. The van der Waals surface area contributed by atoms with Crippen LogP contribution in [0.15, 0.2) is 18.2 Å². The SMILES string of the molecule is Cc1cc([CH]O)cc(C(C)C)c1. The molecule has 1 aromatic carbocycles. The van der Waals surface area contributed by atoms with Crippen LogP contribution in [0.1, 0.15) is 36.5 Å². The molecule has 0 aliphatic heterocycles. The van der Waals surface area contributed by atoms with Crippen molar-refractivity contribution in [1.82, 2.24) is 0 Å². The summed E-state index contributed by atoms with van der Waals surface area (Å²) < 4.78 is 0. The van der Waals surface area contributed by atoms with Crippen LogP contribution in [0.5, 0.6) is 0 Å². The highest BCUT2D eigenvalue weighted by Crippen LogP contribution is 2.18. The third-order valence-corrected chi connectivity index (χ3v) is 1.94. The van der Waals surface area contributed by atoms with E-state index in [1.165, 1.54) is 11.1 Å². The van der Waals surface area contributed by atoms with E-state index >= 15 is 0 Å².